The van der Waals surface area contributed by atoms with Crippen LogP contribution in [0.1, 0.15) is 15.9 Å². The molecule has 0 aliphatic carbocycles. The van der Waals surface area contributed by atoms with Gasteiger partial charge in [-0.3, -0.25) is 14.4 Å². The molecule has 0 radical (unpaired) electrons. The Morgan fingerprint density at radius 3 is 2.28 bits per heavy atom. The summed E-state index contributed by atoms with van der Waals surface area (Å²) in [5.41, 5.74) is 0.579. The van der Waals surface area contributed by atoms with Crippen LogP contribution in [0.4, 0.5) is 11.4 Å². The molecule has 9 nitrogen and oxygen atoms in total. The lowest BCUT2D eigenvalue weighted by atomic mass is 10.2. The molecule has 0 aliphatic rings. The highest BCUT2D eigenvalue weighted by Gasteiger charge is 2.24. The van der Waals surface area contributed by atoms with Gasteiger partial charge in [-0.2, -0.15) is 0 Å². The Kier molecular flexibility index (Phi) is 6.74. The van der Waals surface area contributed by atoms with Gasteiger partial charge in [0.05, 0.1) is 33.7 Å². The minimum Gasteiger partial charge on any atom is -0.495 e. The number of nitro groups is 1. The van der Waals surface area contributed by atoms with Crippen LogP contribution in [0.2, 0.25) is 0 Å². The van der Waals surface area contributed by atoms with E-state index in [1.54, 1.807) is 30.3 Å². The van der Waals surface area contributed by atoms with Crippen LogP contribution in [0.25, 0.3) is 0 Å². The average molecular weight is 456 g/mol. The average Bonchev–Trinajstić information content (AvgIpc) is 2.82. The number of carbonyl (C=O) groups excluding carboxylic acids is 1. The molecule has 0 heterocycles. The lowest BCUT2D eigenvalue weighted by Gasteiger charge is -2.21. The quantitative estimate of drug-likeness (QED) is 0.288. The third-order valence-corrected chi connectivity index (χ3v) is 6.51. The van der Waals surface area contributed by atoms with E-state index in [1.165, 1.54) is 56.6 Å². The first-order valence-corrected chi connectivity index (χ1v) is 10.8. The van der Waals surface area contributed by atoms with Crippen LogP contribution in [0, 0.1) is 10.1 Å². The van der Waals surface area contributed by atoms with Gasteiger partial charge >= 0.3 is 5.97 Å². The molecule has 0 N–H and O–H groups in total. The van der Waals surface area contributed by atoms with E-state index in [0.717, 1.165) is 4.31 Å². The second-order valence-corrected chi connectivity index (χ2v) is 8.60. The van der Waals surface area contributed by atoms with Crippen molar-refractivity contribution in [2.75, 3.05) is 18.5 Å². The monoisotopic (exact) mass is 456 g/mol. The maximum Gasteiger partial charge on any atom is 0.338 e. The summed E-state index contributed by atoms with van der Waals surface area (Å²) in [5, 5.41) is 11.1. The SMILES string of the molecule is COc1ccccc1N(C)S(=O)(=O)c1ccc(C(=O)OCc2ccccc2[N+](=O)[O-])cc1. The highest BCUT2D eigenvalue weighted by Crippen LogP contribution is 2.31. The molecule has 0 spiro atoms. The molecular weight excluding hydrogens is 436 g/mol. The van der Waals surface area contributed by atoms with Gasteiger partial charge in [0.2, 0.25) is 0 Å². The molecule has 0 saturated carbocycles. The predicted molar refractivity (Wildman–Crippen MR) is 117 cm³/mol. The van der Waals surface area contributed by atoms with E-state index in [2.05, 4.69) is 0 Å². The largest absolute Gasteiger partial charge is 0.495 e. The summed E-state index contributed by atoms with van der Waals surface area (Å²) >= 11 is 0. The van der Waals surface area contributed by atoms with Crippen LogP contribution >= 0.6 is 0 Å². The molecule has 0 bridgehead atoms. The Morgan fingerprint density at radius 2 is 1.62 bits per heavy atom. The summed E-state index contributed by atoms with van der Waals surface area (Å²) in [7, 11) is -1.06. The maximum atomic E-state index is 13.0. The number of carbonyl (C=O) groups is 1. The molecule has 10 heteroatoms. The molecule has 0 fully saturated rings. The Labute approximate surface area is 185 Å². The first-order chi connectivity index (χ1) is 15.3. The number of esters is 1. The molecule has 32 heavy (non-hydrogen) atoms. The van der Waals surface area contributed by atoms with Crippen molar-refractivity contribution in [2.45, 2.75) is 11.5 Å². The highest BCUT2D eigenvalue weighted by atomic mass is 32.2. The van der Waals surface area contributed by atoms with Gasteiger partial charge < -0.3 is 9.47 Å². The van der Waals surface area contributed by atoms with E-state index < -0.39 is 20.9 Å². The number of nitro benzene ring substituents is 1. The second-order valence-electron chi connectivity index (χ2n) is 6.63. The molecule has 3 aromatic carbocycles. The molecule has 3 rings (SSSR count). The number of sulfonamides is 1. The molecule has 0 aromatic heterocycles. The summed E-state index contributed by atoms with van der Waals surface area (Å²) in [6.45, 7) is -0.285. The van der Waals surface area contributed by atoms with Crippen LogP contribution in [0.5, 0.6) is 5.75 Å². The zero-order chi connectivity index (χ0) is 23.3. The van der Waals surface area contributed by atoms with Crippen molar-refractivity contribution >= 4 is 27.4 Å². The number of para-hydroxylation sites is 3. The third-order valence-electron chi connectivity index (χ3n) is 4.72. The Balaban J connectivity index is 1.75. The van der Waals surface area contributed by atoms with Gasteiger partial charge in [0.25, 0.3) is 15.7 Å². The number of nitrogens with zero attached hydrogens (tertiary/aromatic N) is 2. The van der Waals surface area contributed by atoms with E-state index in [9.17, 15) is 23.3 Å². The van der Waals surface area contributed by atoms with Crippen molar-refractivity contribution in [1.82, 2.24) is 0 Å². The summed E-state index contributed by atoms with van der Waals surface area (Å²) < 4.78 is 37.4. The van der Waals surface area contributed by atoms with Crippen LogP contribution in [0.15, 0.2) is 77.7 Å². The fraction of sp³-hybridized carbons (Fsp3) is 0.136. The minimum absolute atomic E-state index is 0.0267. The normalized spacial score (nSPS) is 10.9. The molecule has 0 saturated heterocycles. The van der Waals surface area contributed by atoms with Crippen LogP contribution in [-0.2, 0) is 21.4 Å². The van der Waals surface area contributed by atoms with Gasteiger partial charge in [0.15, 0.2) is 0 Å². The van der Waals surface area contributed by atoms with Gasteiger partial charge in [-0.25, -0.2) is 13.2 Å². The highest BCUT2D eigenvalue weighted by molar-refractivity contribution is 7.92. The van der Waals surface area contributed by atoms with Crippen molar-refractivity contribution in [2.24, 2.45) is 0 Å². The van der Waals surface area contributed by atoms with E-state index >= 15 is 0 Å². The number of methoxy groups -OCH3 is 1. The number of rotatable bonds is 8. The van der Waals surface area contributed by atoms with Crippen molar-refractivity contribution in [3.63, 3.8) is 0 Å². The summed E-state index contributed by atoms with van der Waals surface area (Å²) in [5.74, 6) is -0.334. The van der Waals surface area contributed by atoms with Gasteiger partial charge in [-0.05, 0) is 42.5 Å². The van der Waals surface area contributed by atoms with Gasteiger partial charge in [0.1, 0.15) is 12.4 Å². The van der Waals surface area contributed by atoms with E-state index in [1.807, 2.05) is 0 Å². The van der Waals surface area contributed by atoms with Gasteiger partial charge in [-0.15, -0.1) is 0 Å². The number of ether oxygens (including phenoxy) is 2. The zero-order valence-electron chi connectivity index (χ0n) is 17.3. The van der Waals surface area contributed by atoms with E-state index in [4.69, 9.17) is 9.47 Å². The first kappa shape index (κ1) is 22.8. The number of hydrogen-bond acceptors (Lipinski definition) is 7. The minimum atomic E-state index is -3.91. The van der Waals surface area contributed by atoms with Crippen molar-refractivity contribution < 1.29 is 27.6 Å². The lowest BCUT2D eigenvalue weighted by molar-refractivity contribution is -0.385. The standard InChI is InChI=1S/C22H20N2O7S/c1-23(20-9-5-6-10-21(20)30-2)32(28,29)18-13-11-16(12-14-18)22(25)31-15-17-7-3-4-8-19(17)24(26)27/h3-14H,15H2,1-2H3. The fourth-order valence-corrected chi connectivity index (χ4v) is 4.18. The first-order valence-electron chi connectivity index (χ1n) is 9.37. The Morgan fingerprint density at radius 1 is 1.00 bits per heavy atom. The summed E-state index contributed by atoms with van der Waals surface area (Å²) in [6, 6.07) is 17.9. The molecule has 0 amide bonds. The number of hydrogen-bond donors (Lipinski definition) is 0. The van der Waals surface area contributed by atoms with Crippen molar-refractivity contribution in [3.05, 3.63) is 94.0 Å². The van der Waals surface area contributed by atoms with Crippen LogP contribution < -0.4 is 9.04 Å². The van der Waals surface area contributed by atoms with E-state index in [0.29, 0.717) is 11.4 Å². The predicted octanol–water partition coefficient (Wildman–Crippen LogP) is 3.79. The topological polar surface area (TPSA) is 116 Å². The van der Waals surface area contributed by atoms with E-state index in [-0.39, 0.29) is 28.3 Å². The maximum absolute atomic E-state index is 13.0. The summed E-state index contributed by atoms with van der Waals surface area (Å²) in [6.07, 6.45) is 0. The van der Waals surface area contributed by atoms with Crippen molar-refractivity contribution in [3.8, 4) is 5.75 Å². The number of anilines is 1. The van der Waals surface area contributed by atoms with Gasteiger partial charge in [0, 0.05) is 13.1 Å². The van der Waals surface area contributed by atoms with Crippen molar-refractivity contribution in [1.29, 1.82) is 0 Å². The molecule has 0 atom stereocenters. The van der Waals surface area contributed by atoms with Gasteiger partial charge in [-0.1, -0.05) is 24.3 Å². The lowest BCUT2D eigenvalue weighted by Crippen LogP contribution is -2.27. The van der Waals surface area contributed by atoms with Crippen LogP contribution in [-0.4, -0.2) is 33.5 Å². The molecule has 166 valence electrons. The Bertz CT molecular complexity index is 1240. The molecule has 0 aliphatic heterocycles. The fourth-order valence-electron chi connectivity index (χ4n) is 2.98. The third kappa shape index (κ3) is 4.70. The zero-order valence-corrected chi connectivity index (χ0v) is 18.1. The molecular formula is C22H20N2O7S. The smallest absolute Gasteiger partial charge is 0.338 e. The second kappa shape index (κ2) is 9.48. The van der Waals surface area contributed by atoms with Crippen LogP contribution in [0.3, 0.4) is 0 Å². The number of benzene rings is 3. The Hall–Kier alpha value is -3.92. The molecule has 3 aromatic rings. The molecule has 0 unspecified atom stereocenters. The summed E-state index contributed by atoms with van der Waals surface area (Å²) in [4.78, 5) is 22.8.